The van der Waals surface area contributed by atoms with Crippen LogP contribution < -0.4 is 11.3 Å². The molecule has 9 heteroatoms. The zero-order chi connectivity index (χ0) is 12.6. The summed E-state index contributed by atoms with van der Waals surface area (Å²) in [7, 11) is 0. The molecular weight excluding hydrogens is 274 g/mol. The van der Waals surface area contributed by atoms with Gasteiger partial charge in [0.05, 0.1) is 16.8 Å². The number of anilines is 1. The van der Waals surface area contributed by atoms with Crippen LogP contribution >= 0.6 is 12.4 Å². The number of nitrogens with one attached hydrogen (secondary N) is 1. The molecule has 0 aromatic heterocycles. The highest BCUT2D eigenvalue weighted by molar-refractivity contribution is 5.85. The molecule has 0 radical (unpaired) electrons. The standard InChI is InChI=1S/C8H6F6N2.ClH/c9-7(10,11)4-1-2-6(16-15)5(3-4)8(12,13)14;/h1-3,16H,15H2;1H. The van der Waals surface area contributed by atoms with Gasteiger partial charge < -0.3 is 5.43 Å². The quantitative estimate of drug-likeness (QED) is 0.470. The molecule has 0 aliphatic carbocycles. The van der Waals surface area contributed by atoms with E-state index in [9.17, 15) is 26.3 Å². The van der Waals surface area contributed by atoms with Crippen molar-refractivity contribution in [1.82, 2.24) is 0 Å². The fourth-order valence-electron chi connectivity index (χ4n) is 1.08. The zero-order valence-electron chi connectivity index (χ0n) is 7.99. The van der Waals surface area contributed by atoms with E-state index in [-0.39, 0.29) is 18.5 Å². The first-order chi connectivity index (χ1) is 7.16. The average molecular weight is 281 g/mol. The van der Waals surface area contributed by atoms with Crippen LogP contribution in [0, 0.1) is 0 Å². The van der Waals surface area contributed by atoms with Gasteiger partial charge in [-0.3, -0.25) is 5.84 Å². The molecule has 0 fully saturated rings. The van der Waals surface area contributed by atoms with Gasteiger partial charge in [0.2, 0.25) is 0 Å². The minimum atomic E-state index is -4.90. The molecule has 1 rings (SSSR count). The maximum absolute atomic E-state index is 12.3. The van der Waals surface area contributed by atoms with Gasteiger partial charge in [0.1, 0.15) is 0 Å². The average Bonchev–Trinajstić information content (AvgIpc) is 2.14. The molecule has 0 heterocycles. The van der Waals surface area contributed by atoms with Gasteiger partial charge >= 0.3 is 12.4 Å². The van der Waals surface area contributed by atoms with E-state index in [1.165, 1.54) is 0 Å². The molecule has 0 saturated heterocycles. The van der Waals surface area contributed by atoms with E-state index in [1.54, 1.807) is 5.43 Å². The van der Waals surface area contributed by atoms with Crippen LogP contribution in [-0.4, -0.2) is 0 Å². The Morgan fingerprint density at radius 3 is 1.82 bits per heavy atom. The summed E-state index contributed by atoms with van der Waals surface area (Å²) >= 11 is 0. The first kappa shape index (κ1) is 15.9. The molecule has 98 valence electrons. The van der Waals surface area contributed by atoms with Crippen LogP contribution in [0.3, 0.4) is 0 Å². The second-order valence-corrected chi connectivity index (χ2v) is 2.90. The van der Waals surface area contributed by atoms with Crippen LogP contribution in [0.5, 0.6) is 0 Å². The second-order valence-electron chi connectivity index (χ2n) is 2.90. The van der Waals surface area contributed by atoms with Crippen molar-refractivity contribution in [2.45, 2.75) is 12.4 Å². The fraction of sp³-hybridized carbons (Fsp3) is 0.250. The molecule has 0 saturated carbocycles. The molecule has 0 aliphatic rings. The summed E-state index contributed by atoms with van der Waals surface area (Å²) in [5.74, 6) is 4.78. The number of nitrogen functional groups attached to an aromatic ring is 1. The molecule has 2 nitrogen and oxygen atoms in total. The summed E-state index contributed by atoms with van der Waals surface area (Å²) in [6.45, 7) is 0. The molecule has 0 unspecified atom stereocenters. The van der Waals surface area contributed by atoms with Gasteiger partial charge in [0.15, 0.2) is 0 Å². The molecule has 0 aliphatic heterocycles. The van der Waals surface area contributed by atoms with Gasteiger partial charge in [0.25, 0.3) is 0 Å². The Morgan fingerprint density at radius 2 is 1.47 bits per heavy atom. The van der Waals surface area contributed by atoms with Crippen LogP contribution in [0.15, 0.2) is 18.2 Å². The lowest BCUT2D eigenvalue weighted by atomic mass is 10.1. The summed E-state index contributed by atoms with van der Waals surface area (Å²) in [5.41, 5.74) is -1.75. The number of alkyl halides is 6. The first-order valence-corrected chi connectivity index (χ1v) is 3.91. The SMILES string of the molecule is Cl.NNc1ccc(C(F)(F)F)cc1C(F)(F)F. The topological polar surface area (TPSA) is 38.0 Å². The van der Waals surface area contributed by atoms with Crippen molar-refractivity contribution in [1.29, 1.82) is 0 Å². The van der Waals surface area contributed by atoms with Crippen LogP contribution in [0.4, 0.5) is 32.0 Å². The Morgan fingerprint density at radius 1 is 0.941 bits per heavy atom. The second kappa shape index (κ2) is 5.01. The lowest BCUT2D eigenvalue weighted by Gasteiger charge is -2.15. The van der Waals surface area contributed by atoms with E-state index in [0.717, 1.165) is 0 Å². The van der Waals surface area contributed by atoms with Gasteiger partial charge in [0, 0.05) is 0 Å². The summed E-state index contributed by atoms with van der Waals surface area (Å²) in [6.07, 6.45) is -9.73. The van der Waals surface area contributed by atoms with Crippen molar-refractivity contribution in [2.75, 3.05) is 5.43 Å². The molecule has 0 amide bonds. The third kappa shape index (κ3) is 3.67. The van der Waals surface area contributed by atoms with Gasteiger partial charge in [-0.05, 0) is 18.2 Å². The van der Waals surface area contributed by atoms with E-state index in [1.807, 2.05) is 0 Å². The van der Waals surface area contributed by atoms with E-state index in [0.29, 0.717) is 12.1 Å². The molecular formula is C8H7ClF6N2. The van der Waals surface area contributed by atoms with Crippen LogP contribution in [0.25, 0.3) is 0 Å². The van der Waals surface area contributed by atoms with E-state index in [2.05, 4.69) is 0 Å². The normalized spacial score (nSPS) is 11.9. The number of benzene rings is 1. The Kier molecular flexibility index (Phi) is 4.67. The Balaban J connectivity index is 0.00000256. The number of hydrogen-bond acceptors (Lipinski definition) is 2. The maximum Gasteiger partial charge on any atom is 0.418 e. The number of hydrogen-bond donors (Lipinski definition) is 2. The molecule has 1 aromatic carbocycles. The van der Waals surface area contributed by atoms with Gasteiger partial charge in [-0.1, -0.05) is 0 Å². The highest BCUT2D eigenvalue weighted by Gasteiger charge is 2.38. The van der Waals surface area contributed by atoms with Crippen molar-refractivity contribution in [3.05, 3.63) is 29.3 Å². The lowest BCUT2D eigenvalue weighted by molar-refractivity contribution is -0.142. The predicted octanol–water partition coefficient (Wildman–Crippen LogP) is 3.43. The van der Waals surface area contributed by atoms with E-state index in [4.69, 9.17) is 5.84 Å². The summed E-state index contributed by atoms with van der Waals surface area (Å²) in [5, 5.41) is 0. The molecule has 1 aromatic rings. The molecule has 3 N–H and O–H groups in total. The minimum Gasteiger partial charge on any atom is -0.324 e. The lowest BCUT2D eigenvalue weighted by Crippen LogP contribution is -2.16. The highest BCUT2D eigenvalue weighted by atomic mass is 35.5. The van der Waals surface area contributed by atoms with Gasteiger partial charge in [-0.25, -0.2) is 0 Å². The number of halogens is 7. The Bertz CT molecular complexity index is 387. The van der Waals surface area contributed by atoms with Crippen LogP contribution in [-0.2, 0) is 12.4 Å². The van der Waals surface area contributed by atoms with Gasteiger partial charge in [-0.2, -0.15) is 26.3 Å². The van der Waals surface area contributed by atoms with E-state index >= 15 is 0 Å². The third-order valence-corrected chi connectivity index (χ3v) is 1.81. The van der Waals surface area contributed by atoms with Crippen LogP contribution in [0.2, 0.25) is 0 Å². The smallest absolute Gasteiger partial charge is 0.324 e. The first-order valence-electron chi connectivity index (χ1n) is 3.91. The monoisotopic (exact) mass is 280 g/mol. The summed E-state index contributed by atoms with van der Waals surface area (Å²) in [6, 6.07) is 1.16. The molecule has 17 heavy (non-hydrogen) atoms. The largest absolute Gasteiger partial charge is 0.418 e. The summed E-state index contributed by atoms with van der Waals surface area (Å²) < 4.78 is 73.5. The van der Waals surface area contributed by atoms with E-state index < -0.39 is 29.2 Å². The third-order valence-electron chi connectivity index (χ3n) is 1.81. The highest BCUT2D eigenvalue weighted by Crippen LogP contribution is 2.38. The van der Waals surface area contributed by atoms with Crippen molar-refractivity contribution < 1.29 is 26.3 Å². The Hall–Kier alpha value is -1.15. The van der Waals surface area contributed by atoms with Crippen molar-refractivity contribution >= 4 is 18.1 Å². The van der Waals surface area contributed by atoms with Crippen molar-refractivity contribution in [3.8, 4) is 0 Å². The minimum absolute atomic E-state index is 0. The number of hydrazine groups is 1. The number of rotatable bonds is 1. The molecule has 0 spiro atoms. The Labute approximate surface area is 98.2 Å². The van der Waals surface area contributed by atoms with Crippen molar-refractivity contribution in [2.24, 2.45) is 5.84 Å². The zero-order valence-corrected chi connectivity index (χ0v) is 8.80. The number of nitrogens with two attached hydrogens (primary N) is 1. The van der Waals surface area contributed by atoms with Crippen LogP contribution in [0.1, 0.15) is 11.1 Å². The predicted molar refractivity (Wildman–Crippen MR) is 51.5 cm³/mol. The van der Waals surface area contributed by atoms with Gasteiger partial charge in [-0.15, -0.1) is 12.4 Å². The molecule has 0 atom stereocenters. The van der Waals surface area contributed by atoms with Crippen molar-refractivity contribution in [3.63, 3.8) is 0 Å². The fourth-order valence-corrected chi connectivity index (χ4v) is 1.08. The molecule has 0 bridgehead atoms. The summed E-state index contributed by atoms with van der Waals surface area (Å²) in [4.78, 5) is 0. The maximum atomic E-state index is 12.3.